The number of nitrogens with one attached hydrogen (secondary N) is 1. The molecule has 0 saturated carbocycles. The summed E-state index contributed by atoms with van der Waals surface area (Å²) in [6.07, 6.45) is 4.63. The number of hydrogen-bond donors (Lipinski definition) is 2. The van der Waals surface area contributed by atoms with E-state index in [0.29, 0.717) is 19.3 Å². The minimum atomic E-state index is -3.60. The van der Waals surface area contributed by atoms with Crippen molar-refractivity contribution in [2.75, 3.05) is 0 Å². The van der Waals surface area contributed by atoms with Crippen LogP contribution in [-0.2, 0) is 21.9 Å². The summed E-state index contributed by atoms with van der Waals surface area (Å²) in [5.74, 6) is -1.23. The molecule has 20 heavy (non-hydrogen) atoms. The van der Waals surface area contributed by atoms with Gasteiger partial charge in [0.05, 0.1) is 12.2 Å². The number of imidazole rings is 1. The van der Waals surface area contributed by atoms with Gasteiger partial charge in [0.1, 0.15) is 0 Å². The molecule has 7 nitrogen and oxygen atoms in total. The van der Waals surface area contributed by atoms with Gasteiger partial charge in [-0.1, -0.05) is 13.3 Å². The fourth-order valence-corrected chi connectivity index (χ4v) is 3.02. The molecule has 2 atom stereocenters. The maximum Gasteiger partial charge on any atom is 0.306 e. The molecule has 1 rings (SSSR count). The molecule has 0 saturated heterocycles. The number of aromatic nitrogens is 2. The third-order valence-electron chi connectivity index (χ3n) is 3.01. The normalized spacial score (nSPS) is 14.9. The maximum atomic E-state index is 12.0. The largest absolute Gasteiger partial charge is 0.481 e. The number of carboxylic acid groups (broad SMARTS) is 1. The highest BCUT2D eigenvalue weighted by Gasteiger charge is 2.20. The fourth-order valence-electron chi connectivity index (χ4n) is 1.77. The van der Waals surface area contributed by atoms with Crippen molar-refractivity contribution < 1.29 is 18.3 Å². The Bertz CT molecular complexity index is 553. The number of nitrogens with zero attached hydrogens (tertiary/aromatic N) is 2. The number of rotatable bonds is 8. The smallest absolute Gasteiger partial charge is 0.306 e. The van der Waals surface area contributed by atoms with Crippen LogP contribution in [0.5, 0.6) is 0 Å². The van der Waals surface area contributed by atoms with Crippen LogP contribution in [0.3, 0.4) is 0 Å². The number of aliphatic carboxylic acids is 1. The van der Waals surface area contributed by atoms with Crippen LogP contribution in [0.4, 0.5) is 0 Å². The highest BCUT2D eigenvalue weighted by molar-refractivity contribution is 7.89. The molecule has 0 aromatic carbocycles. The quantitative estimate of drug-likeness (QED) is 0.745. The molecule has 0 fully saturated rings. The third kappa shape index (κ3) is 4.93. The standard InChI is InChI=1S/C12H21N3O4S/c1-9(12(16)17)5-4-6-10(2)14-20(18,19)11-7-15(3)8-13-11/h7-10,14H,4-6H2,1-3H3,(H,16,17). The molecular formula is C12H21N3O4S. The summed E-state index contributed by atoms with van der Waals surface area (Å²) in [5.41, 5.74) is 0. The SMILES string of the molecule is CC(CCCC(C)C(=O)O)NS(=O)(=O)c1cn(C)cn1. The van der Waals surface area contributed by atoms with E-state index in [-0.39, 0.29) is 11.1 Å². The molecule has 0 spiro atoms. The monoisotopic (exact) mass is 303 g/mol. The molecule has 1 heterocycles. The summed E-state index contributed by atoms with van der Waals surface area (Å²) < 4.78 is 28.1. The van der Waals surface area contributed by atoms with E-state index >= 15 is 0 Å². The molecule has 0 radical (unpaired) electrons. The highest BCUT2D eigenvalue weighted by Crippen LogP contribution is 2.11. The van der Waals surface area contributed by atoms with Gasteiger partial charge in [0.2, 0.25) is 0 Å². The van der Waals surface area contributed by atoms with Crippen molar-refractivity contribution in [3.8, 4) is 0 Å². The summed E-state index contributed by atoms with van der Waals surface area (Å²) >= 11 is 0. The Labute approximate surface area is 119 Å². The minimum absolute atomic E-state index is 0.00856. The Morgan fingerprint density at radius 3 is 2.60 bits per heavy atom. The Kier molecular flexibility index (Phi) is 5.70. The maximum absolute atomic E-state index is 12.0. The molecular weight excluding hydrogens is 282 g/mol. The fraction of sp³-hybridized carbons (Fsp3) is 0.667. The predicted octanol–water partition coefficient (Wildman–Crippen LogP) is 0.978. The molecule has 0 amide bonds. The first-order valence-corrected chi connectivity index (χ1v) is 7.94. The van der Waals surface area contributed by atoms with Crippen molar-refractivity contribution in [2.45, 2.75) is 44.2 Å². The second kappa shape index (κ2) is 6.85. The van der Waals surface area contributed by atoms with Gasteiger partial charge in [-0.25, -0.2) is 18.1 Å². The van der Waals surface area contributed by atoms with Gasteiger partial charge in [-0.2, -0.15) is 0 Å². The van der Waals surface area contributed by atoms with Crippen molar-refractivity contribution >= 4 is 16.0 Å². The van der Waals surface area contributed by atoms with Gasteiger partial charge >= 0.3 is 5.97 Å². The lowest BCUT2D eigenvalue weighted by molar-refractivity contribution is -0.141. The van der Waals surface area contributed by atoms with Gasteiger partial charge in [-0.3, -0.25) is 4.79 Å². The molecule has 1 aromatic rings. The summed E-state index contributed by atoms with van der Waals surface area (Å²) in [6, 6.07) is -0.261. The van der Waals surface area contributed by atoms with Gasteiger partial charge in [-0.15, -0.1) is 0 Å². The number of aryl methyl sites for hydroxylation is 1. The molecule has 8 heteroatoms. The van der Waals surface area contributed by atoms with E-state index in [1.54, 1.807) is 25.5 Å². The summed E-state index contributed by atoms with van der Waals surface area (Å²) in [6.45, 7) is 3.40. The third-order valence-corrected chi connectivity index (χ3v) is 4.48. The van der Waals surface area contributed by atoms with E-state index in [0.717, 1.165) is 0 Å². The average molecular weight is 303 g/mol. The lowest BCUT2D eigenvalue weighted by Crippen LogP contribution is -2.32. The van der Waals surface area contributed by atoms with E-state index < -0.39 is 21.9 Å². The molecule has 1 aromatic heterocycles. The molecule has 0 aliphatic heterocycles. The van der Waals surface area contributed by atoms with E-state index in [2.05, 4.69) is 9.71 Å². The molecule has 0 aliphatic carbocycles. The zero-order valence-electron chi connectivity index (χ0n) is 11.9. The average Bonchev–Trinajstić information content (AvgIpc) is 2.75. The van der Waals surface area contributed by atoms with Crippen LogP contribution in [0, 0.1) is 5.92 Å². The van der Waals surface area contributed by atoms with E-state index in [1.165, 1.54) is 12.5 Å². The molecule has 0 bridgehead atoms. The Morgan fingerprint density at radius 2 is 2.10 bits per heavy atom. The van der Waals surface area contributed by atoms with Gasteiger partial charge in [0.15, 0.2) is 5.03 Å². The van der Waals surface area contributed by atoms with Crippen LogP contribution >= 0.6 is 0 Å². The summed E-state index contributed by atoms with van der Waals surface area (Å²) in [5, 5.41) is 8.75. The van der Waals surface area contributed by atoms with Crippen molar-refractivity contribution in [1.82, 2.24) is 14.3 Å². The van der Waals surface area contributed by atoms with E-state index in [9.17, 15) is 13.2 Å². The minimum Gasteiger partial charge on any atom is -0.481 e. The van der Waals surface area contributed by atoms with Gasteiger partial charge < -0.3 is 9.67 Å². The molecule has 0 aliphatic rings. The first-order valence-electron chi connectivity index (χ1n) is 6.45. The zero-order chi connectivity index (χ0) is 15.3. The first-order chi connectivity index (χ1) is 9.22. The van der Waals surface area contributed by atoms with Gasteiger partial charge in [0, 0.05) is 19.3 Å². The Morgan fingerprint density at radius 1 is 1.45 bits per heavy atom. The van der Waals surface area contributed by atoms with Crippen LogP contribution in [0.2, 0.25) is 0 Å². The second-order valence-corrected chi connectivity index (χ2v) is 6.73. The van der Waals surface area contributed by atoms with Crippen molar-refractivity contribution in [1.29, 1.82) is 0 Å². The van der Waals surface area contributed by atoms with Crippen molar-refractivity contribution in [2.24, 2.45) is 13.0 Å². The number of hydrogen-bond acceptors (Lipinski definition) is 4. The number of carboxylic acids is 1. The van der Waals surface area contributed by atoms with Crippen LogP contribution in [-0.4, -0.2) is 35.1 Å². The van der Waals surface area contributed by atoms with Gasteiger partial charge in [-0.05, 0) is 19.8 Å². The number of carbonyl (C=O) groups is 1. The summed E-state index contributed by atoms with van der Waals surface area (Å²) in [7, 11) is -1.91. The zero-order valence-corrected chi connectivity index (χ0v) is 12.7. The summed E-state index contributed by atoms with van der Waals surface area (Å²) in [4.78, 5) is 14.5. The van der Waals surface area contributed by atoms with Crippen molar-refractivity contribution in [3.05, 3.63) is 12.5 Å². The van der Waals surface area contributed by atoms with Crippen LogP contribution in [0.1, 0.15) is 33.1 Å². The van der Waals surface area contributed by atoms with Gasteiger partial charge in [0.25, 0.3) is 10.0 Å². The topological polar surface area (TPSA) is 101 Å². The predicted molar refractivity (Wildman–Crippen MR) is 73.6 cm³/mol. The van der Waals surface area contributed by atoms with Crippen molar-refractivity contribution in [3.63, 3.8) is 0 Å². The lowest BCUT2D eigenvalue weighted by atomic mass is 10.0. The number of sulfonamides is 1. The molecule has 2 N–H and O–H groups in total. The van der Waals surface area contributed by atoms with E-state index in [4.69, 9.17) is 5.11 Å². The second-order valence-electron chi connectivity index (χ2n) is 5.07. The highest BCUT2D eigenvalue weighted by atomic mass is 32.2. The van der Waals surface area contributed by atoms with Crippen LogP contribution in [0.15, 0.2) is 17.6 Å². The van der Waals surface area contributed by atoms with Crippen LogP contribution in [0.25, 0.3) is 0 Å². The Hall–Kier alpha value is -1.41. The molecule has 114 valence electrons. The lowest BCUT2D eigenvalue weighted by Gasteiger charge is -2.13. The first kappa shape index (κ1) is 16.6. The molecule has 2 unspecified atom stereocenters. The Balaban J connectivity index is 2.46. The van der Waals surface area contributed by atoms with E-state index in [1.807, 2.05) is 0 Å². The van der Waals surface area contributed by atoms with Crippen LogP contribution < -0.4 is 4.72 Å².